The first kappa shape index (κ1) is 16.2. The fourth-order valence-corrected chi connectivity index (χ4v) is 1.40. The number of carbonyl (C=O) groups is 1. The van der Waals surface area contributed by atoms with Crippen molar-refractivity contribution in [1.29, 1.82) is 0 Å². The van der Waals surface area contributed by atoms with E-state index in [1.54, 1.807) is 0 Å². The first-order chi connectivity index (χ1) is 7.92. The third-order valence-electron chi connectivity index (χ3n) is 2.31. The fraction of sp³-hybridized carbons (Fsp3) is 0.909. The summed E-state index contributed by atoms with van der Waals surface area (Å²) in [7, 11) is 0. The van der Waals surface area contributed by atoms with Gasteiger partial charge in [-0.2, -0.15) is 13.2 Å². The summed E-state index contributed by atoms with van der Waals surface area (Å²) in [5.74, 6) is -0.787. The molecule has 0 aliphatic carbocycles. The second-order valence-corrected chi connectivity index (χ2v) is 4.03. The minimum Gasteiger partial charge on any atom is -0.481 e. The van der Waals surface area contributed by atoms with E-state index in [0.717, 1.165) is 19.4 Å². The highest BCUT2D eigenvalue weighted by Crippen LogP contribution is 2.21. The molecule has 0 spiro atoms. The highest BCUT2D eigenvalue weighted by Gasteiger charge is 2.25. The second kappa shape index (κ2) is 9.27. The molecule has 6 heteroatoms. The van der Waals surface area contributed by atoms with Crippen molar-refractivity contribution >= 4 is 5.97 Å². The van der Waals surface area contributed by atoms with Gasteiger partial charge in [-0.05, 0) is 38.8 Å². The number of halogens is 3. The molecular formula is C11H20F3NO2. The molecule has 3 nitrogen and oxygen atoms in total. The molecule has 0 radical (unpaired) electrons. The van der Waals surface area contributed by atoms with Crippen LogP contribution in [0.4, 0.5) is 13.2 Å². The minimum absolute atomic E-state index is 0.162. The zero-order valence-corrected chi connectivity index (χ0v) is 9.85. The van der Waals surface area contributed by atoms with E-state index in [0.29, 0.717) is 19.4 Å². The second-order valence-electron chi connectivity index (χ2n) is 4.03. The summed E-state index contributed by atoms with van der Waals surface area (Å²) < 4.78 is 35.3. The first-order valence-electron chi connectivity index (χ1n) is 5.91. The van der Waals surface area contributed by atoms with Crippen LogP contribution in [0.2, 0.25) is 0 Å². The largest absolute Gasteiger partial charge is 0.481 e. The standard InChI is InChI=1S/C11H20F3NO2/c12-11(13,14)7-3-5-9-15-8-4-1-2-6-10(16)17/h15H,1-9H2,(H,16,17). The molecule has 0 rings (SSSR count). The minimum atomic E-state index is -4.04. The summed E-state index contributed by atoms with van der Waals surface area (Å²) in [5, 5.41) is 11.4. The van der Waals surface area contributed by atoms with E-state index in [1.807, 2.05) is 0 Å². The fourth-order valence-electron chi connectivity index (χ4n) is 1.40. The summed E-state index contributed by atoms with van der Waals surface area (Å²) in [6.07, 6.45) is -1.53. The summed E-state index contributed by atoms with van der Waals surface area (Å²) in [6, 6.07) is 0. The maximum Gasteiger partial charge on any atom is 0.389 e. The quantitative estimate of drug-likeness (QED) is 0.590. The van der Waals surface area contributed by atoms with E-state index < -0.39 is 18.6 Å². The van der Waals surface area contributed by atoms with Gasteiger partial charge in [0.25, 0.3) is 0 Å². The van der Waals surface area contributed by atoms with E-state index in [9.17, 15) is 18.0 Å². The predicted molar refractivity (Wildman–Crippen MR) is 58.9 cm³/mol. The van der Waals surface area contributed by atoms with E-state index in [4.69, 9.17) is 5.11 Å². The molecule has 0 aliphatic heterocycles. The Labute approximate surface area is 99.4 Å². The molecule has 0 saturated heterocycles. The Bertz CT molecular complexity index is 207. The number of nitrogens with one attached hydrogen (secondary N) is 1. The molecule has 0 aromatic carbocycles. The number of aliphatic carboxylic acids is 1. The highest BCUT2D eigenvalue weighted by atomic mass is 19.4. The molecule has 0 aromatic rings. The van der Waals surface area contributed by atoms with Crippen LogP contribution >= 0.6 is 0 Å². The van der Waals surface area contributed by atoms with Gasteiger partial charge in [0.15, 0.2) is 0 Å². The van der Waals surface area contributed by atoms with Gasteiger partial charge >= 0.3 is 12.1 Å². The van der Waals surface area contributed by atoms with Gasteiger partial charge in [-0.1, -0.05) is 6.42 Å². The first-order valence-corrected chi connectivity index (χ1v) is 5.91. The van der Waals surface area contributed by atoms with Gasteiger partial charge in [0.05, 0.1) is 0 Å². The Morgan fingerprint density at radius 1 is 1.00 bits per heavy atom. The molecule has 17 heavy (non-hydrogen) atoms. The lowest BCUT2D eigenvalue weighted by atomic mass is 10.2. The molecule has 0 fully saturated rings. The Balaban J connectivity index is 3.06. The Hall–Kier alpha value is -0.780. The molecule has 102 valence electrons. The van der Waals surface area contributed by atoms with Crippen LogP contribution in [0.15, 0.2) is 0 Å². The van der Waals surface area contributed by atoms with E-state index in [2.05, 4.69) is 5.32 Å². The van der Waals surface area contributed by atoms with E-state index >= 15 is 0 Å². The van der Waals surface area contributed by atoms with Crippen LogP contribution in [0.3, 0.4) is 0 Å². The zero-order valence-electron chi connectivity index (χ0n) is 9.85. The highest BCUT2D eigenvalue weighted by molar-refractivity contribution is 5.66. The van der Waals surface area contributed by atoms with Crippen LogP contribution in [0, 0.1) is 0 Å². The smallest absolute Gasteiger partial charge is 0.389 e. The van der Waals surface area contributed by atoms with E-state index in [-0.39, 0.29) is 12.8 Å². The molecule has 0 atom stereocenters. The maximum absolute atomic E-state index is 11.8. The third kappa shape index (κ3) is 15.2. The van der Waals surface area contributed by atoms with Gasteiger partial charge in [-0.15, -0.1) is 0 Å². The van der Waals surface area contributed by atoms with Gasteiger partial charge in [0, 0.05) is 12.8 Å². The predicted octanol–water partition coefficient (Wildman–Crippen LogP) is 2.95. The molecule has 0 unspecified atom stereocenters. The number of hydrogen-bond donors (Lipinski definition) is 2. The van der Waals surface area contributed by atoms with Crippen LogP contribution in [-0.2, 0) is 4.79 Å². The number of alkyl halides is 3. The number of carboxylic acid groups (broad SMARTS) is 1. The molecule has 0 saturated carbocycles. The van der Waals surface area contributed by atoms with Crippen LogP contribution < -0.4 is 5.32 Å². The van der Waals surface area contributed by atoms with Crippen LogP contribution in [0.25, 0.3) is 0 Å². The molecule has 2 N–H and O–H groups in total. The number of carboxylic acids is 1. The van der Waals surface area contributed by atoms with Crippen molar-refractivity contribution in [3.63, 3.8) is 0 Å². The van der Waals surface area contributed by atoms with Gasteiger partial charge in [-0.3, -0.25) is 4.79 Å². The number of unbranched alkanes of at least 4 members (excludes halogenated alkanes) is 3. The van der Waals surface area contributed by atoms with Crippen molar-refractivity contribution in [3.8, 4) is 0 Å². The lowest BCUT2D eigenvalue weighted by Crippen LogP contribution is -2.17. The molecule has 0 aromatic heterocycles. The Morgan fingerprint density at radius 2 is 1.59 bits per heavy atom. The van der Waals surface area contributed by atoms with Gasteiger partial charge in [0.1, 0.15) is 0 Å². The Morgan fingerprint density at radius 3 is 2.12 bits per heavy atom. The Kier molecular flexibility index (Phi) is 8.85. The van der Waals surface area contributed by atoms with E-state index in [1.165, 1.54) is 0 Å². The summed E-state index contributed by atoms with van der Waals surface area (Å²) in [6.45, 7) is 1.33. The maximum atomic E-state index is 11.8. The number of hydrogen-bond acceptors (Lipinski definition) is 2. The van der Waals surface area contributed by atoms with Gasteiger partial charge in [-0.25, -0.2) is 0 Å². The lowest BCUT2D eigenvalue weighted by Gasteiger charge is -2.06. The van der Waals surface area contributed by atoms with Gasteiger partial charge in [0.2, 0.25) is 0 Å². The van der Waals surface area contributed by atoms with Crippen molar-refractivity contribution in [2.45, 2.75) is 51.1 Å². The average molecular weight is 255 g/mol. The lowest BCUT2D eigenvalue weighted by molar-refractivity contribution is -0.137. The van der Waals surface area contributed by atoms with Crippen LogP contribution in [-0.4, -0.2) is 30.3 Å². The zero-order chi connectivity index (χ0) is 13.1. The normalized spacial score (nSPS) is 11.7. The van der Waals surface area contributed by atoms with Crippen molar-refractivity contribution in [1.82, 2.24) is 5.32 Å². The summed E-state index contributed by atoms with van der Waals surface area (Å²) in [5.41, 5.74) is 0. The van der Waals surface area contributed by atoms with Crippen LogP contribution in [0.1, 0.15) is 44.9 Å². The van der Waals surface area contributed by atoms with Crippen molar-refractivity contribution in [2.75, 3.05) is 13.1 Å². The monoisotopic (exact) mass is 255 g/mol. The molecule has 0 bridgehead atoms. The van der Waals surface area contributed by atoms with Crippen molar-refractivity contribution < 1.29 is 23.1 Å². The van der Waals surface area contributed by atoms with Crippen molar-refractivity contribution in [2.24, 2.45) is 0 Å². The van der Waals surface area contributed by atoms with Crippen molar-refractivity contribution in [3.05, 3.63) is 0 Å². The van der Waals surface area contributed by atoms with Gasteiger partial charge < -0.3 is 10.4 Å². The third-order valence-corrected chi connectivity index (χ3v) is 2.31. The average Bonchev–Trinajstić information content (AvgIpc) is 2.18. The van der Waals surface area contributed by atoms with Crippen LogP contribution in [0.5, 0.6) is 0 Å². The topological polar surface area (TPSA) is 49.3 Å². The summed E-state index contributed by atoms with van der Waals surface area (Å²) >= 11 is 0. The SMILES string of the molecule is O=C(O)CCCCCNCCCCC(F)(F)F. The number of rotatable bonds is 10. The molecular weight excluding hydrogens is 235 g/mol. The molecule has 0 heterocycles. The molecule has 0 amide bonds. The molecule has 0 aliphatic rings. The summed E-state index contributed by atoms with van der Waals surface area (Å²) in [4.78, 5) is 10.2.